The first-order valence-corrected chi connectivity index (χ1v) is 8.54. The summed E-state index contributed by atoms with van der Waals surface area (Å²) in [6.07, 6.45) is 2.06. The fraction of sp³-hybridized carbons (Fsp3) is 0.211. The molecule has 1 N–H and O–H groups in total. The number of anilines is 1. The summed E-state index contributed by atoms with van der Waals surface area (Å²) in [6, 6.07) is 9.87. The van der Waals surface area contributed by atoms with Crippen molar-refractivity contribution in [2.45, 2.75) is 26.3 Å². The van der Waals surface area contributed by atoms with E-state index in [0.29, 0.717) is 23.9 Å². The van der Waals surface area contributed by atoms with E-state index in [0.717, 1.165) is 5.56 Å². The zero-order valence-electron chi connectivity index (χ0n) is 14.1. The van der Waals surface area contributed by atoms with E-state index in [1.54, 1.807) is 12.1 Å². The first-order valence-electron chi connectivity index (χ1n) is 8.16. The van der Waals surface area contributed by atoms with Crippen LogP contribution in [-0.2, 0) is 11.3 Å². The highest BCUT2D eigenvalue weighted by Gasteiger charge is 2.10. The highest BCUT2D eigenvalue weighted by Crippen LogP contribution is 2.22. The number of nitrogens with zero attached hydrogens (tertiary/aromatic N) is 2. The highest BCUT2D eigenvalue weighted by atomic mass is 35.5. The van der Waals surface area contributed by atoms with Gasteiger partial charge in [-0.2, -0.15) is 0 Å². The SMILES string of the molecule is Cc1cccc2c(=O)n(CCCC(=O)Nc3cccc(Cl)c3F)cnc12. The van der Waals surface area contributed by atoms with E-state index in [2.05, 4.69) is 10.3 Å². The Hall–Kier alpha value is -2.73. The number of amides is 1. The van der Waals surface area contributed by atoms with Gasteiger partial charge in [-0.25, -0.2) is 9.37 Å². The smallest absolute Gasteiger partial charge is 0.261 e. The van der Waals surface area contributed by atoms with Crippen LogP contribution in [0.15, 0.2) is 47.5 Å². The Balaban J connectivity index is 1.64. The number of carbonyl (C=O) groups excluding carboxylic acids is 1. The molecule has 0 fully saturated rings. The van der Waals surface area contributed by atoms with Gasteiger partial charge in [-0.05, 0) is 37.1 Å². The third-order valence-electron chi connectivity index (χ3n) is 4.08. The second-order valence-corrected chi connectivity index (χ2v) is 6.37. The molecule has 3 aromatic rings. The molecule has 5 nitrogen and oxygen atoms in total. The number of halogens is 2. The lowest BCUT2D eigenvalue weighted by atomic mass is 10.1. The maximum atomic E-state index is 13.8. The number of hydrogen-bond acceptors (Lipinski definition) is 3. The number of para-hydroxylation sites is 1. The molecule has 0 unspecified atom stereocenters. The van der Waals surface area contributed by atoms with E-state index < -0.39 is 5.82 Å². The van der Waals surface area contributed by atoms with Gasteiger partial charge in [0.2, 0.25) is 5.91 Å². The average Bonchev–Trinajstić information content (AvgIpc) is 2.61. The van der Waals surface area contributed by atoms with Crippen molar-refractivity contribution in [2.75, 3.05) is 5.32 Å². The molecule has 0 saturated carbocycles. The summed E-state index contributed by atoms with van der Waals surface area (Å²) in [6.45, 7) is 2.25. The normalized spacial score (nSPS) is 10.9. The van der Waals surface area contributed by atoms with E-state index >= 15 is 0 Å². The Bertz CT molecular complexity index is 1030. The second-order valence-electron chi connectivity index (χ2n) is 5.97. The lowest BCUT2D eigenvalue weighted by Gasteiger charge is -2.09. The number of rotatable bonds is 5. The molecule has 26 heavy (non-hydrogen) atoms. The molecule has 1 aromatic heterocycles. The topological polar surface area (TPSA) is 64.0 Å². The van der Waals surface area contributed by atoms with Crippen LogP contribution in [0.5, 0.6) is 0 Å². The molecule has 0 aliphatic heterocycles. The number of aryl methyl sites for hydroxylation is 2. The predicted octanol–water partition coefficient (Wildman–Crippen LogP) is 3.92. The van der Waals surface area contributed by atoms with E-state index in [-0.39, 0.29) is 28.6 Å². The van der Waals surface area contributed by atoms with Gasteiger partial charge < -0.3 is 5.32 Å². The van der Waals surface area contributed by atoms with Crippen molar-refractivity contribution in [1.29, 1.82) is 0 Å². The van der Waals surface area contributed by atoms with Gasteiger partial charge in [-0.1, -0.05) is 29.8 Å². The summed E-state index contributed by atoms with van der Waals surface area (Å²) in [5, 5.41) is 2.99. The number of aromatic nitrogens is 2. The molecule has 134 valence electrons. The third kappa shape index (κ3) is 3.75. The monoisotopic (exact) mass is 373 g/mol. The largest absolute Gasteiger partial charge is 0.324 e. The summed E-state index contributed by atoms with van der Waals surface area (Å²) >= 11 is 5.69. The van der Waals surface area contributed by atoms with Crippen LogP contribution in [0.25, 0.3) is 10.9 Å². The van der Waals surface area contributed by atoms with Crippen molar-refractivity contribution in [3.05, 3.63) is 69.5 Å². The van der Waals surface area contributed by atoms with Crippen molar-refractivity contribution >= 4 is 34.1 Å². The molecule has 0 bridgehead atoms. The number of fused-ring (bicyclic) bond motifs is 1. The number of benzene rings is 2. The van der Waals surface area contributed by atoms with Crippen molar-refractivity contribution < 1.29 is 9.18 Å². The third-order valence-corrected chi connectivity index (χ3v) is 4.38. The van der Waals surface area contributed by atoms with Gasteiger partial charge in [0.15, 0.2) is 5.82 Å². The maximum Gasteiger partial charge on any atom is 0.261 e. The van der Waals surface area contributed by atoms with Crippen LogP contribution in [0.4, 0.5) is 10.1 Å². The lowest BCUT2D eigenvalue weighted by Crippen LogP contribution is -2.22. The molecule has 0 aliphatic rings. The Morgan fingerprint density at radius 2 is 2.04 bits per heavy atom. The fourth-order valence-electron chi connectivity index (χ4n) is 2.72. The molecular weight excluding hydrogens is 357 g/mol. The first-order chi connectivity index (χ1) is 12.5. The van der Waals surface area contributed by atoms with Crippen LogP contribution < -0.4 is 10.9 Å². The van der Waals surface area contributed by atoms with Gasteiger partial charge in [0.1, 0.15) is 0 Å². The molecule has 7 heteroatoms. The minimum atomic E-state index is -0.659. The first kappa shape index (κ1) is 18.1. The van der Waals surface area contributed by atoms with Crippen LogP contribution in [0.1, 0.15) is 18.4 Å². The summed E-state index contributed by atoms with van der Waals surface area (Å²) in [5.41, 5.74) is 1.53. The van der Waals surface area contributed by atoms with Crippen LogP contribution in [0.2, 0.25) is 5.02 Å². The Labute approximate surface area is 154 Å². The van der Waals surface area contributed by atoms with E-state index in [4.69, 9.17) is 11.6 Å². The molecule has 0 atom stereocenters. The Morgan fingerprint density at radius 3 is 2.85 bits per heavy atom. The molecule has 0 saturated heterocycles. The minimum Gasteiger partial charge on any atom is -0.324 e. The lowest BCUT2D eigenvalue weighted by molar-refractivity contribution is -0.116. The highest BCUT2D eigenvalue weighted by molar-refractivity contribution is 6.31. The maximum absolute atomic E-state index is 13.8. The molecule has 3 rings (SSSR count). The summed E-state index contributed by atoms with van der Waals surface area (Å²) in [4.78, 5) is 28.8. The van der Waals surface area contributed by atoms with Gasteiger partial charge >= 0.3 is 0 Å². The Kier molecular flexibility index (Phi) is 5.32. The number of nitrogens with one attached hydrogen (secondary N) is 1. The van der Waals surface area contributed by atoms with Gasteiger partial charge in [0.25, 0.3) is 5.56 Å². The zero-order chi connectivity index (χ0) is 18.7. The van der Waals surface area contributed by atoms with Crippen LogP contribution in [0.3, 0.4) is 0 Å². The van der Waals surface area contributed by atoms with Gasteiger partial charge in [0, 0.05) is 13.0 Å². The molecule has 0 aliphatic carbocycles. The van der Waals surface area contributed by atoms with Crippen molar-refractivity contribution in [3.8, 4) is 0 Å². The van der Waals surface area contributed by atoms with Crippen LogP contribution in [0, 0.1) is 12.7 Å². The number of carbonyl (C=O) groups is 1. The van der Waals surface area contributed by atoms with E-state index in [1.165, 1.54) is 23.0 Å². The molecule has 0 radical (unpaired) electrons. The van der Waals surface area contributed by atoms with Crippen molar-refractivity contribution in [2.24, 2.45) is 0 Å². The second kappa shape index (κ2) is 7.66. The molecular formula is C19H17ClFN3O2. The van der Waals surface area contributed by atoms with Crippen molar-refractivity contribution in [1.82, 2.24) is 9.55 Å². The quantitative estimate of drug-likeness (QED) is 0.737. The van der Waals surface area contributed by atoms with Crippen LogP contribution in [-0.4, -0.2) is 15.5 Å². The summed E-state index contributed by atoms with van der Waals surface area (Å²) in [5.74, 6) is -1.00. The summed E-state index contributed by atoms with van der Waals surface area (Å²) in [7, 11) is 0. The van der Waals surface area contributed by atoms with Crippen LogP contribution >= 0.6 is 11.6 Å². The molecule has 1 heterocycles. The molecule has 1 amide bonds. The van der Waals surface area contributed by atoms with Gasteiger partial charge in [-0.3, -0.25) is 14.2 Å². The summed E-state index contributed by atoms with van der Waals surface area (Å²) < 4.78 is 15.3. The van der Waals surface area contributed by atoms with E-state index in [1.807, 2.05) is 19.1 Å². The predicted molar refractivity (Wildman–Crippen MR) is 100 cm³/mol. The standard InChI is InChI=1S/C19H17ClFN3O2/c1-12-5-2-6-13-18(12)22-11-24(19(13)26)10-4-9-16(25)23-15-8-3-7-14(20)17(15)21/h2-3,5-8,11H,4,9-10H2,1H3,(H,23,25). The van der Waals surface area contributed by atoms with E-state index in [9.17, 15) is 14.0 Å². The van der Waals surface area contributed by atoms with Gasteiger partial charge in [0.05, 0.1) is 27.9 Å². The van der Waals surface area contributed by atoms with Gasteiger partial charge in [-0.15, -0.1) is 0 Å². The Morgan fingerprint density at radius 1 is 1.27 bits per heavy atom. The number of hydrogen-bond donors (Lipinski definition) is 1. The minimum absolute atomic E-state index is 0.0440. The van der Waals surface area contributed by atoms with Crippen molar-refractivity contribution in [3.63, 3.8) is 0 Å². The molecule has 2 aromatic carbocycles. The molecule has 0 spiro atoms. The zero-order valence-corrected chi connectivity index (χ0v) is 14.9. The fourth-order valence-corrected chi connectivity index (χ4v) is 2.89. The average molecular weight is 374 g/mol.